The highest BCUT2D eigenvalue weighted by atomic mass is 32.1. The zero-order valence-corrected chi connectivity index (χ0v) is 6.89. The van der Waals surface area contributed by atoms with E-state index in [1.807, 2.05) is 6.92 Å². The first-order chi connectivity index (χ1) is 5.38. The fourth-order valence-corrected chi connectivity index (χ4v) is 1.27. The molecule has 0 saturated carbocycles. The number of hydrogen-bond acceptors (Lipinski definition) is 5. The van der Waals surface area contributed by atoms with E-state index in [1.54, 1.807) is 0 Å². The fraction of sp³-hybridized carbons (Fsp3) is 0.500. The number of aromatic nitrogens is 2. The Morgan fingerprint density at radius 1 is 1.73 bits per heavy atom. The Balaban J connectivity index is 2.86. The second kappa shape index (κ2) is 3.95. The van der Waals surface area contributed by atoms with Crippen LogP contribution < -0.4 is 0 Å². The van der Waals surface area contributed by atoms with Crippen molar-refractivity contribution in [3.05, 3.63) is 5.69 Å². The van der Waals surface area contributed by atoms with Crippen LogP contribution in [0.15, 0.2) is 4.99 Å². The molecule has 0 saturated heterocycles. The molecule has 0 fully saturated rings. The van der Waals surface area contributed by atoms with Gasteiger partial charge in [0.1, 0.15) is 5.69 Å². The van der Waals surface area contributed by atoms with Crippen LogP contribution in [0.1, 0.15) is 19.0 Å². The summed E-state index contributed by atoms with van der Waals surface area (Å²) in [6.07, 6.45) is 3.27. The minimum absolute atomic E-state index is 0.585. The van der Waals surface area contributed by atoms with Crippen LogP contribution in [0.3, 0.4) is 0 Å². The fourth-order valence-electron chi connectivity index (χ4n) is 0.724. The van der Waals surface area contributed by atoms with Crippen molar-refractivity contribution in [3.63, 3.8) is 0 Å². The number of nitrogens with zero attached hydrogens (tertiary/aromatic N) is 3. The van der Waals surface area contributed by atoms with Crippen molar-refractivity contribution in [1.82, 2.24) is 9.59 Å². The van der Waals surface area contributed by atoms with Gasteiger partial charge in [-0.2, -0.15) is 4.99 Å². The third kappa shape index (κ3) is 1.93. The number of hydrogen-bond donors (Lipinski definition) is 0. The van der Waals surface area contributed by atoms with E-state index in [-0.39, 0.29) is 0 Å². The van der Waals surface area contributed by atoms with Gasteiger partial charge in [-0.3, -0.25) is 0 Å². The maximum Gasteiger partial charge on any atom is 0.241 e. The molecule has 4 nitrogen and oxygen atoms in total. The molecule has 0 N–H and O–H groups in total. The maximum absolute atomic E-state index is 9.89. The summed E-state index contributed by atoms with van der Waals surface area (Å²) in [5.74, 6) is 0. The number of rotatable bonds is 3. The van der Waals surface area contributed by atoms with Gasteiger partial charge in [-0.25, -0.2) is 4.79 Å². The lowest BCUT2D eigenvalue weighted by Gasteiger charge is -1.88. The van der Waals surface area contributed by atoms with Gasteiger partial charge in [-0.1, -0.05) is 17.8 Å². The lowest BCUT2D eigenvalue weighted by Crippen LogP contribution is -1.82. The standard InChI is InChI=1S/C6H7N3OS/c1-2-3-5-6(7-4-10)11-9-8-5/h2-3H2,1H3. The topological polar surface area (TPSA) is 55.2 Å². The molecule has 5 heteroatoms. The lowest BCUT2D eigenvalue weighted by molar-refractivity contribution is 0.565. The van der Waals surface area contributed by atoms with E-state index in [0.717, 1.165) is 30.1 Å². The average molecular weight is 169 g/mol. The molecule has 0 spiro atoms. The van der Waals surface area contributed by atoms with Crippen molar-refractivity contribution < 1.29 is 4.79 Å². The normalized spacial score (nSPS) is 9.18. The molecule has 0 aromatic carbocycles. The van der Waals surface area contributed by atoms with Crippen LogP contribution in [-0.2, 0) is 11.2 Å². The second-order valence-electron chi connectivity index (χ2n) is 1.98. The van der Waals surface area contributed by atoms with Crippen LogP contribution in [0.2, 0.25) is 0 Å². The number of carbonyl (C=O) groups excluding carboxylic acids is 1. The SMILES string of the molecule is CCCc1nnsc1N=C=O. The lowest BCUT2D eigenvalue weighted by atomic mass is 10.3. The zero-order valence-electron chi connectivity index (χ0n) is 6.07. The summed E-state index contributed by atoms with van der Waals surface area (Å²) >= 11 is 1.12. The van der Waals surface area contributed by atoms with Crippen molar-refractivity contribution in [2.24, 2.45) is 4.99 Å². The maximum atomic E-state index is 9.89. The monoisotopic (exact) mass is 169 g/mol. The highest BCUT2D eigenvalue weighted by molar-refractivity contribution is 7.09. The van der Waals surface area contributed by atoms with Gasteiger partial charge < -0.3 is 0 Å². The van der Waals surface area contributed by atoms with Gasteiger partial charge in [0.05, 0.1) is 0 Å². The molecule has 1 heterocycles. The predicted molar refractivity (Wildman–Crippen MR) is 41.7 cm³/mol. The van der Waals surface area contributed by atoms with Crippen molar-refractivity contribution in [2.45, 2.75) is 19.8 Å². The van der Waals surface area contributed by atoms with E-state index in [0.29, 0.717) is 5.00 Å². The van der Waals surface area contributed by atoms with Crippen molar-refractivity contribution in [3.8, 4) is 0 Å². The first-order valence-electron chi connectivity index (χ1n) is 3.27. The quantitative estimate of drug-likeness (QED) is 0.508. The van der Waals surface area contributed by atoms with Crippen LogP contribution in [0.5, 0.6) is 0 Å². The molecule has 11 heavy (non-hydrogen) atoms. The molecule has 1 rings (SSSR count). The van der Waals surface area contributed by atoms with Gasteiger partial charge in [0, 0.05) is 11.5 Å². The minimum atomic E-state index is 0.585. The van der Waals surface area contributed by atoms with Gasteiger partial charge in [-0.05, 0) is 6.42 Å². The van der Waals surface area contributed by atoms with Crippen molar-refractivity contribution in [1.29, 1.82) is 0 Å². The molecule has 1 aromatic heterocycles. The Bertz CT molecular complexity index is 277. The summed E-state index contributed by atoms with van der Waals surface area (Å²) in [5.41, 5.74) is 0.792. The molecule has 0 unspecified atom stereocenters. The molecule has 0 aliphatic rings. The van der Waals surface area contributed by atoms with Crippen LogP contribution in [0.4, 0.5) is 5.00 Å². The highest BCUT2D eigenvalue weighted by Crippen LogP contribution is 2.21. The molecular weight excluding hydrogens is 162 g/mol. The van der Waals surface area contributed by atoms with Crippen LogP contribution in [-0.4, -0.2) is 15.7 Å². The van der Waals surface area contributed by atoms with E-state index in [4.69, 9.17) is 0 Å². The average Bonchev–Trinajstić information content (AvgIpc) is 2.39. The molecule has 1 aromatic rings. The van der Waals surface area contributed by atoms with Gasteiger partial charge in [-0.15, -0.1) is 5.10 Å². The minimum Gasteiger partial charge on any atom is -0.211 e. The smallest absolute Gasteiger partial charge is 0.211 e. The van der Waals surface area contributed by atoms with E-state index < -0.39 is 0 Å². The highest BCUT2D eigenvalue weighted by Gasteiger charge is 2.04. The molecular formula is C6H7N3OS. The summed E-state index contributed by atoms with van der Waals surface area (Å²) in [6.45, 7) is 2.04. The number of aliphatic imine (C=N–C) groups is 1. The first-order valence-corrected chi connectivity index (χ1v) is 4.05. The van der Waals surface area contributed by atoms with Gasteiger partial charge in [0.2, 0.25) is 6.08 Å². The van der Waals surface area contributed by atoms with Gasteiger partial charge in [0.15, 0.2) is 5.00 Å². The van der Waals surface area contributed by atoms with Crippen molar-refractivity contribution >= 4 is 22.6 Å². The summed E-state index contributed by atoms with van der Waals surface area (Å²) in [7, 11) is 0. The summed E-state index contributed by atoms with van der Waals surface area (Å²) < 4.78 is 3.68. The Hall–Kier alpha value is -1.06. The largest absolute Gasteiger partial charge is 0.241 e. The molecule has 0 aliphatic carbocycles. The molecule has 58 valence electrons. The molecule has 0 amide bonds. The molecule has 0 aliphatic heterocycles. The Kier molecular flexibility index (Phi) is 2.89. The van der Waals surface area contributed by atoms with Crippen LogP contribution in [0, 0.1) is 0 Å². The van der Waals surface area contributed by atoms with E-state index in [1.165, 1.54) is 6.08 Å². The van der Waals surface area contributed by atoms with Crippen LogP contribution >= 0.6 is 11.5 Å². The van der Waals surface area contributed by atoms with Gasteiger partial charge >= 0.3 is 0 Å². The van der Waals surface area contributed by atoms with Crippen molar-refractivity contribution in [2.75, 3.05) is 0 Å². The number of isocyanates is 1. The summed E-state index contributed by atoms with van der Waals surface area (Å²) in [5, 5.41) is 4.41. The second-order valence-corrected chi connectivity index (χ2v) is 2.71. The zero-order chi connectivity index (χ0) is 8.10. The van der Waals surface area contributed by atoms with E-state index >= 15 is 0 Å². The third-order valence-corrected chi connectivity index (χ3v) is 1.83. The molecule has 0 atom stereocenters. The summed E-state index contributed by atoms with van der Waals surface area (Å²) in [6, 6.07) is 0. The Labute approximate surface area is 68.1 Å². The first kappa shape index (κ1) is 8.04. The van der Waals surface area contributed by atoms with E-state index in [2.05, 4.69) is 14.6 Å². The van der Waals surface area contributed by atoms with Crippen LogP contribution in [0.25, 0.3) is 0 Å². The van der Waals surface area contributed by atoms with Gasteiger partial charge in [0.25, 0.3) is 0 Å². The Morgan fingerprint density at radius 2 is 2.55 bits per heavy atom. The van der Waals surface area contributed by atoms with E-state index in [9.17, 15) is 4.79 Å². The molecule has 0 bridgehead atoms. The molecule has 0 radical (unpaired) electrons. The Morgan fingerprint density at radius 3 is 3.18 bits per heavy atom. The third-order valence-electron chi connectivity index (χ3n) is 1.17. The number of aryl methyl sites for hydroxylation is 1. The predicted octanol–water partition coefficient (Wildman–Crippen LogP) is 1.46. The summed E-state index contributed by atoms with van der Waals surface area (Å²) in [4.78, 5) is 13.4.